The standard InChI is InChI=1S/C18H18O4/c19-18-16(12-6-2-1-3-7-12)17(21-11-13-10-20-13)14-8-4-5-9-15(14)22-18/h1-3,6-7,13H,4-5,8-11H2. The summed E-state index contributed by atoms with van der Waals surface area (Å²) in [6.07, 6.45) is 4.04. The Morgan fingerprint density at radius 1 is 1.14 bits per heavy atom. The van der Waals surface area contributed by atoms with E-state index in [1.54, 1.807) is 0 Å². The van der Waals surface area contributed by atoms with Gasteiger partial charge in [0.2, 0.25) is 0 Å². The Hall–Kier alpha value is -2.07. The van der Waals surface area contributed by atoms with Crippen LogP contribution in [0.25, 0.3) is 11.1 Å². The van der Waals surface area contributed by atoms with Crippen molar-refractivity contribution in [2.75, 3.05) is 13.2 Å². The molecule has 0 N–H and O–H groups in total. The monoisotopic (exact) mass is 298 g/mol. The fraction of sp³-hybridized carbons (Fsp3) is 0.389. The van der Waals surface area contributed by atoms with Crippen LogP contribution in [0.3, 0.4) is 0 Å². The number of hydrogen-bond donors (Lipinski definition) is 0. The summed E-state index contributed by atoms with van der Waals surface area (Å²) in [4.78, 5) is 12.5. The summed E-state index contributed by atoms with van der Waals surface area (Å²) in [5, 5.41) is 0. The van der Waals surface area contributed by atoms with Crippen molar-refractivity contribution in [2.45, 2.75) is 31.8 Å². The summed E-state index contributed by atoms with van der Waals surface area (Å²) in [5.41, 5.74) is 2.14. The van der Waals surface area contributed by atoms with Crippen molar-refractivity contribution in [3.8, 4) is 16.9 Å². The van der Waals surface area contributed by atoms with E-state index in [2.05, 4.69) is 0 Å². The molecule has 114 valence electrons. The van der Waals surface area contributed by atoms with Gasteiger partial charge in [0.05, 0.1) is 6.61 Å². The quantitative estimate of drug-likeness (QED) is 0.814. The minimum absolute atomic E-state index is 0.162. The Kier molecular flexibility index (Phi) is 3.47. The Morgan fingerprint density at radius 2 is 1.91 bits per heavy atom. The molecular formula is C18H18O4. The first kappa shape index (κ1) is 13.6. The van der Waals surface area contributed by atoms with Crippen LogP contribution in [0.15, 0.2) is 39.5 Å². The van der Waals surface area contributed by atoms with Crippen LogP contribution in [0, 0.1) is 0 Å². The van der Waals surface area contributed by atoms with Crippen molar-refractivity contribution < 1.29 is 13.9 Å². The first-order chi connectivity index (χ1) is 10.8. The van der Waals surface area contributed by atoms with E-state index in [-0.39, 0.29) is 11.7 Å². The van der Waals surface area contributed by atoms with Crippen LogP contribution < -0.4 is 10.4 Å². The summed E-state index contributed by atoms with van der Waals surface area (Å²) in [5.74, 6) is 1.50. The number of ether oxygens (including phenoxy) is 2. The van der Waals surface area contributed by atoms with Crippen LogP contribution >= 0.6 is 0 Å². The van der Waals surface area contributed by atoms with Gasteiger partial charge in [-0.1, -0.05) is 30.3 Å². The van der Waals surface area contributed by atoms with Crippen LogP contribution in [0.5, 0.6) is 5.75 Å². The van der Waals surface area contributed by atoms with Crippen molar-refractivity contribution in [1.29, 1.82) is 0 Å². The van der Waals surface area contributed by atoms with Gasteiger partial charge < -0.3 is 13.9 Å². The number of epoxide rings is 1. The van der Waals surface area contributed by atoms with E-state index >= 15 is 0 Å². The van der Waals surface area contributed by atoms with Gasteiger partial charge in [-0.05, 0) is 24.8 Å². The molecule has 1 aliphatic heterocycles. The summed E-state index contributed by atoms with van der Waals surface area (Å²) in [7, 11) is 0. The molecule has 0 spiro atoms. The first-order valence-corrected chi connectivity index (χ1v) is 7.81. The molecular weight excluding hydrogens is 280 g/mol. The highest BCUT2D eigenvalue weighted by atomic mass is 16.6. The molecule has 1 saturated heterocycles. The SMILES string of the molecule is O=c1oc2c(c(OCC3CO3)c1-c1ccccc1)CCCC2. The highest BCUT2D eigenvalue weighted by Crippen LogP contribution is 2.36. The maximum Gasteiger partial charge on any atom is 0.347 e. The second kappa shape index (κ2) is 5.61. The molecule has 4 rings (SSSR count). The predicted octanol–water partition coefficient (Wildman–Crippen LogP) is 2.96. The topological polar surface area (TPSA) is 52.0 Å². The van der Waals surface area contributed by atoms with Gasteiger partial charge in [-0.15, -0.1) is 0 Å². The zero-order chi connectivity index (χ0) is 14.9. The molecule has 0 bridgehead atoms. The number of aryl methyl sites for hydroxylation is 1. The number of benzene rings is 1. The van der Waals surface area contributed by atoms with E-state index < -0.39 is 0 Å². The largest absolute Gasteiger partial charge is 0.489 e. The van der Waals surface area contributed by atoms with Crippen molar-refractivity contribution in [3.63, 3.8) is 0 Å². The molecule has 2 heterocycles. The van der Waals surface area contributed by atoms with Crippen LogP contribution in [-0.2, 0) is 17.6 Å². The zero-order valence-corrected chi connectivity index (χ0v) is 12.3. The third-order valence-corrected chi connectivity index (χ3v) is 4.22. The summed E-state index contributed by atoms with van der Waals surface area (Å²) in [6, 6.07) is 9.61. The van der Waals surface area contributed by atoms with Gasteiger partial charge in [0.25, 0.3) is 0 Å². The molecule has 0 amide bonds. The molecule has 1 aromatic carbocycles. The van der Waals surface area contributed by atoms with Crippen molar-refractivity contribution in [3.05, 3.63) is 52.1 Å². The molecule has 1 aromatic heterocycles. The molecule has 0 radical (unpaired) electrons. The average Bonchev–Trinajstić information content (AvgIpc) is 3.37. The lowest BCUT2D eigenvalue weighted by molar-refractivity contribution is 0.257. The van der Waals surface area contributed by atoms with Gasteiger partial charge in [-0.3, -0.25) is 0 Å². The summed E-state index contributed by atoms with van der Waals surface area (Å²) in [6.45, 7) is 1.24. The maximum atomic E-state index is 12.5. The van der Waals surface area contributed by atoms with Crippen molar-refractivity contribution in [1.82, 2.24) is 0 Å². The highest BCUT2D eigenvalue weighted by molar-refractivity contribution is 5.71. The van der Waals surface area contributed by atoms with E-state index in [4.69, 9.17) is 13.9 Å². The molecule has 1 aliphatic carbocycles. The molecule has 1 fully saturated rings. The second-order valence-corrected chi connectivity index (χ2v) is 5.83. The third-order valence-electron chi connectivity index (χ3n) is 4.22. The lowest BCUT2D eigenvalue weighted by Crippen LogP contribution is -2.17. The molecule has 2 aliphatic rings. The zero-order valence-electron chi connectivity index (χ0n) is 12.3. The highest BCUT2D eigenvalue weighted by Gasteiger charge is 2.28. The normalized spacial score (nSPS) is 19.5. The van der Waals surface area contributed by atoms with Gasteiger partial charge in [-0.25, -0.2) is 4.79 Å². The average molecular weight is 298 g/mol. The number of rotatable bonds is 4. The van der Waals surface area contributed by atoms with Gasteiger partial charge in [0.15, 0.2) is 0 Å². The van der Waals surface area contributed by atoms with Crippen LogP contribution in [0.4, 0.5) is 0 Å². The Morgan fingerprint density at radius 3 is 2.68 bits per heavy atom. The maximum absolute atomic E-state index is 12.5. The predicted molar refractivity (Wildman–Crippen MR) is 82.3 cm³/mol. The molecule has 1 unspecified atom stereocenters. The molecule has 0 saturated carbocycles. The molecule has 2 aromatic rings. The van der Waals surface area contributed by atoms with Gasteiger partial charge in [0, 0.05) is 12.0 Å². The van der Waals surface area contributed by atoms with E-state index in [9.17, 15) is 4.79 Å². The van der Waals surface area contributed by atoms with E-state index in [1.165, 1.54) is 0 Å². The molecule has 4 nitrogen and oxygen atoms in total. The minimum atomic E-state index is -0.307. The van der Waals surface area contributed by atoms with Gasteiger partial charge in [0.1, 0.15) is 29.8 Å². The summed E-state index contributed by atoms with van der Waals surface area (Å²) >= 11 is 0. The molecule has 1 atom stereocenters. The van der Waals surface area contributed by atoms with E-state index in [0.717, 1.165) is 49.2 Å². The smallest absolute Gasteiger partial charge is 0.347 e. The third kappa shape index (κ3) is 2.55. The lowest BCUT2D eigenvalue weighted by Gasteiger charge is -2.20. The minimum Gasteiger partial charge on any atom is -0.489 e. The molecule has 4 heteroatoms. The fourth-order valence-electron chi connectivity index (χ4n) is 2.99. The Bertz CT molecular complexity index is 729. The van der Waals surface area contributed by atoms with E-state index in [0.29, 0.717) is 17.9 Å². The Labute approximate surface area is 128 Å². The van der Waals surface area contributed by atoms with Gasteiger partial charge in [-0.2, -0.15) is 0 Å². The number of fused-ring (bicyclic) bond motifs is 1. The van der Waals surface area contributed by atoms with E-state index in [1.807, 2.05) is 30.3 Å². The van der Waals surface area contributed by atoms with Crippen molar-refractivity contribution >= 4 is 0 Å². The molecule has 22 heavy (non-hydrogen) atoms. The Balaban J connectivity index is 1.85. The van der Waals surface area contributed by atoms with Crippen LogP contribution in [0.2, 0.25) is 0 Å². The lowest BCUT2D eigenvalue weighted by atomic mass is 9.93. The van der Waals surface area contributed by atoms with Crippen LogP contribution in [0.1, 0.15) is 24.2 Å². The first-order valence-electron chi connectivity index (χ1n) is 7.81. The van der Waals surface area contributed by atoms with Crippen LogP contribution in [-0.4, -0.2) is 19.3 Å². The summed E-state index contributed by atoms with van der Waals surface area (Å²) < 4.78 is 16.8. The van der Waals surface area contributed by atoms with Crippen molar-refractivity contribution in [2.24, 2.45) is 0 Å². The second-order valence-electron chi connectivity index (χ2n) is 5.83. The fourth-order valence-corrected chi connectivity index (χ4v) is 2.99. The van der Waals surface area contributed by atoms with Gasteiger partial charge >= 0.3 is 5.63 Å². The number of hydrogen-bond acceptors (Lipinski definition) is 4.